The minimum Gasteiger partial charge on any atom is -0.369 e. The molecule has 1 saturated heterocycles. The van der Waals surface area contributed by atoms with Crippen molar-refractivity contribution in [3.05, 3.63) is 0 Å². The number of carbonyl (C=O) groups is 1. The van der Waals surface area contributed by atoms with E-state index in [4.69, 9.17) is 5.73 Å². The highest BCUT2D eigenvalue weighted by Gasteiger charge is 2.30. The van der Waals surface area contributed by atoms with E-state index in [-0.39, 0.29) is 11.8 Å². The van der Waals surface area contributed by atoms with Gasteiger partial charge in [-0.1, -0.05) is 26.2 Å². The highest BCUT2D eigenvalue weighted by Crippen LogP contribution is 2.31. The number of nitrogens with zero attached hydrogens (tertiary/aromatic N) is 1. The molecule has 3 heteroatoms. The Morgan fingerprint density at radius 3 is 2.69 bits per heavy atom. The van der Waals surface area contributed by atoms with Crippen LogP contribution in [0.1, 0.15) is 39.0 Å². The predicted octanol–water partition coefficient (Wildman–Crippen LogP) is 1.62. The molecule has 1 heterocycles. The number of hydrogen-bond donors (Lipinski definition) is 1. The second-order valence-electron chi connectivity index (χ2n) is 5.67. The molecule has 0 aromatic carbocycles. The van der Waals surface area contributed by atoms with Gasteiger partial charge in [0.05, 0.1) is 5.92 Å². The quantitative estimate of drug-likeness (QED) is 0.792. The molecule has 0 aromatic heterocycles. The average Bonchev–Trinajstić information content (AvgIpc) is 2.70. The van der Waals surface area contributed by atoms with Crippen molar-refractivity contribution in [2.75, 3.05) is 19.6 Å². The number of hydrogen-bond acceptors (Lipinski definition) is 2. The second-order valence-corrected chi connectivity index (χ2v) is 5.67. The standard InChI is InChI=1S/C13H24N2O/c1-10-4-2-3-5-11(10)8-15-7-6-12(9-15)13(14)16/h10-12H,2-9H2,1H3,(H2,14,16)/t10-,11-,12+/m1/s1. The summed E-state index contributed by atoms with van der Waals surface area (Å²) in [5.41, 5.74) is 5.35. The van der Waals surface area contributed by atoms with Crippen molar-refractivity contribution >= 4 is 5.91 Å². The van der Waals surface area contributed by atoms with Gasteiger partial charge < -0.3 is 10.6 Å². The summed E-state index contributed by atoms with van der Waals surface area (Å²) in [5, 5.41) is 0. The van der Waals surface area contributed by atoms with Crippen molar-refractivity contribution in [3.8, 4) is 0 Å². The van der Waals surface area contributed by atoms with Crippen LogP contribution in [-0.2, 0) is 4.79 Å². The van der Waals surface area contributed by atoms with Gasteiger partial charge in [0.2, 0.25) is 5.91 Å². The Bertz CT molecular complexity index is 254. The van der Waals surface area contributed by atoms with Crippen LogP contribution in [0.15, 0.2) is 0 Å². The Hall–Kier alpha value is -0.570. The summed E-state index contributed by atoms with van der Waals surface area (Å²) < 4.78 is 0. The second kappa shape index (κ2) is 5.17. The molecular weight excluding hydrogens is 200 g/mol. The lowest BCUT2D eigenvalue weighted by molar-refractivity contribution is -0.121. The SMILES string of the molecule is C[C@@H]1CCCC[C@@H]1CN1CC[C@H](C(N)=O)C1. The minimum atomic E-state index is -0.112. The lowest BCUT2D eigenvalue weighted by atomic mass is 9.80. The Morgan fingerprint density at radius 2 is 2.06 bits per heavy atom. The van der Waals surface area contributed by atoms with E-state index in [1.807, 2.05) is 0 Å². The molecule has 3 atom stereocenters. The van der Waals surface area contributed by atoms with E-state index < -0.39 is 0 Å². The van der Waals surface area contributed by atoms with Crippen LogP contribution in [0.5, 0.6) is 0 Å². The zero-order valence-corrected chi connectivity index (χ0v) is 10.3. The molecule has 0 radical (unpaired) electrons. The zero-order valence-electron chi connectivity index (χ0n) is 10.3. The van der Waals surface area contributed by atoms with Crippen molar-refractivity contribution in [1.29, 1.82) is 0 Å². The summed E-state index contributed by atoms with van der Waals surface area (Å²) in [7, 11) is 0. The van der Waals surface area contributed by atoms with Crippen LogP contribution in [0.4, 0.5) is 0 Å². The Labute approximate surface area is 98.4 Å². The van der Waals surface area contributed by atoms with Crippen molar-refractivity contribution in [1.82, 2.24) is 4.90 Å². The molecule has 1 aliphatic heterocycles. The van der Waals surface area contributed by atoms with Crippen LogP contribution >= 0.6 is 0 Å². The van der Waals surface area contributed by atoms with Gasteiger partial charge in [0.1, 0.15) is 0 Å². The van der Waals surface area contributed by atoms with E-state index in [1.165, 1.54) is 32.2 Å². The number of rotatable bonds is 3. The fraction of sp³-hybridized carbons (Fsp3) is 0.923. The van der Waals surface area contributed by atoms with Crippen molar-refractivity contribution < 1.29 is 4.79 Å². The lowest BCUT2D eigenvalue weighted by Gasteiger charge is -2.32. The molecule has 2 N–H and O–H groups in total. The zero-order chi connectivity index (χ0) is 11.5. The summed E-state index contributed by atoms with van der Waals surface area (Å²) in [6.07, 6.45) is 6.52. The first-order valence-electron chi connectivity index (χ1n) is 6.68. The van der Waals surface area contributed by atoms with E-state index in [2.05, 4.69) is 11.8 Å². The number of primary amides is 1. The molecule has 16 heavy (non-hydrogen) atoms. The van der Waals surface area contributed by atoms with Crippen LogP contribution in [0.25, 0.3) is 0 Å². The van der Waals surface area contributed by atoms with Gasteiger partial charge in [0.15, 0.2) is 0 Å². The van der Waals surface area contributed by atoms with E-state index >= 15 is 0 Å². The van der Waals surface area contributed by atoms with Gasteiger partial charge in [-0.05, 0) is 31.2 Å². The molecule has 3 nitrogen and oxygen atoms in total. The smallest absolute Gasteiger partial charge is 0.221 e. The number of carbonyl (C=O) groups excluding carboxylic acids is 1. The Balaban J connectivity index is 1.79. The molecular formula is C13H24N2O. The molecule has 1 amide bonds. The molecule has 1 aliphatic carbocycles. The third-order valence-corrected chi connectivity index (χ3v) is 4.46. The lowest BCUT2D eigenvalue weighted by Crippen LogP contribution is -2.33. The maximum atomic E-state index is 11.1. The third kappa shape index (κ3) is 2.76. The third-order valence-electron chi connectivity index (χ3n) is 4.46. The highest BCUT2D eigenvalue weighted by molar-refractivity contribution is 5.77. The van der Waals surface area contributed by atoms with Gasteiger partial charge in [0, 0.05) is 13.1 Å². The van der Waals surface area contributed by atoms with Crippen molar-refractivity contribution in [2.24, 2.45) is 23.5 Å². The molecule has 0 spiro atoms. The number of nitrogens with two attached hydrogens (primary N) is 1. The molecule has 2 fully saturated rings. The topological polar surface area (TPSA) is 46.3 Å². The molecule has 1 saturated carbocycles. The van der Waals surface area contributed by atoms with Crippen LogP contribution in [-0.4, -0.2) is 30.4 Å². The first-order chi connectivity index (χ1) is 7.66. The number of likely N-dealkylation sites (tertiary alicyclic amines) is 1. The van der Waals surface area contributed by atoms with Crippen LogP contribution in [0, 0.1) is 17.8 Å². The van der Waals surface area contributed by atoms with Gasteiger partial charge in [-0.15, -0.1) is 0 Å². The largest absolute Gasteiger partial charge is 0.369 e. The Morgan fingerprint density at radius 1 is 1.31 bits per heavy atom. The van der Waals surface area contributed by atoms with Gasteiger partial charge >= 0.3 is 0 Å². The molecule has 92 valence electrons. The van der Waals surface area contributed by atoms with Crippen LogP contribution in [0.2, 0.25) is 0 Å². The van der Waals surface area contributed by atoms with Gasteiger partial charge in [-0.2, -0.15) is 0 Å². The molecule has 2 aliphatic rings. The predicted molar refractivity (Wildman–Crippen MR) is 64.9 cm³/mol. The minimum absolute atomic E-state index is 0.110. The van der Waals surface area contributed by atoms with Crippen LogP contribution in [0.3, 0.4) is 0 Å². The monoisotopic (exact) mass is 224 g/mol. The maximum Gasteiger partial charge on any atom is 0.221 e. The Kier molecular flexibility index (Phi) is 3.85. The van der Waals surface area contributed by atoms with E-state index in [1.54, 1.807) is 0 Å². The van der Waals surface area contributed by atoms with Gasteiger partial charge in [-0.3, -0.25) is 4.79 Å². The van der Waals surface area contributed by atoms with Crippen LogP contribution < -0.4 is 5.73 Å². The molecule has 0 aromatic rings. The summed E-state index contributed by atoms with van der Waals surface area (Å²) >= 11 is 0. The van der Waals surface area contributed by atoms with Gasteiger partial charge in [-0.25, -0.2) is 0 Å². The summed E-state index contributed by atoms with van der Waals surface area (Å²) in [5.74, 6) is 1.71. The summed E-state index contributed by atoms with van der Waals surface area (Å²) in [4.78, 5) is 13.5. The first-order valence-corrected chi connectivity index (χ1v) is 6.68. The first kappa shape index (κ1) is 11.9. The van der Waals surface area contributed by atoms with E-state index in [9.17, 15) is 4.79 Å². The highest BCUT2D eigenvalue weighted by atomic mass is 16.1. The van der Waals surface area contributed by atoms with Crippen molar-refractivity contribution in [3.63, 3.8) is 0 Å². The maximum absolute atomic E-state index is 11.1. The molecule has 2 rings (SSSR count). The normalized spacial score (nSPS) is 36.4. The van der Waals surface area contributed by atoms with E-state index in [0.29, 0.717) is 0 Å². The molecule has 0 bridgehead atoms. The summed E-state index contributed by atoms with van der Waals surface area (Å²) in [6.45, 7) is 5.53. The molecule has 0 unspecified atom stereocenters. The van der Waals surface area contributed by atoms with Crippen molar-refractivity contribution in [2.45, 2.75) is 39.0 Å². The van der Waals surface area contributed by atoms with Gasteiger partial charge in [0.25, 0.3) is 0 Å². The van der Waals surface area contributed by atoms with E-state index in [0.717, 1.165) is 31.3 Å². The average molecular weight is 224 g/mol. The fourth-order valence-electron chi connectivity index (χ4n) is 3.23. The number of amides is 1. The fourth-order valence-corrected chi connectivity index (χ4v) is 3.23. The summed E-state index contributed by atoms with van der Waals surface area (Å²) in [6, 6.07) is 0.